The van der Waals surface area contributed by atoms with Gasteiger partial charge in [0.2, 0.25) is 11.8 Å². The molecule has 0 aliphatic carbocycles. The monoisotopic (exact) mass is 449 g/mol. The number of carbonyl (C=O) groups excluding carboxylic acids is 4. The van der Waals surface area contributed by atoms with Gasteiger partial charge in [0.05, 0.1) is 26.1 Å². The summed E-state index contributed by atoms with van der Waals surface area (Å²) in [6.07, 6.45) is 0.215. The van der Waals surface area contributed by atoms with E-state index in [1.807, 2.05) is 30.3 Å². The van der Waals surface area contributed by atoms with Crippen molar-refractivity contribution in [2.75, 3.05) is 26.3 Å². The minimum Gasteiger partial charge on any atom is -0.466 e. The lowest BCUT2D eigenvalue weighted by Crippen LogP contribution is -2.60. The summed E-state index contributed by atoms with van der Waals surface area (Å²) in [4.78, 5) is 49.5. The van der Waals surface area contributed by atoms with Gasteiger partial charge in [0.25, 0.3) is 0 Å². The Hall–Kier alpha value is -3.01. The van der Waals surface area contributed by atoms with Crippen molar-refractivity contribution in [2.24, 2.45) is 0 Å². The average Bonchev–Trinajstić information content (AvgIpc) is 2.74. The van der Waals surface area contributed by atoms with Crippen molar-refractivity contribution in [1.82, 2.24) is 15.5 Å². The lowest BCUT2D eigenvalue weighted by molar-refractivity contribution is -0.147. The Morgan fingerprint density at radius 1 is 1.16 bits per heavy atom. The molecule has 31 heavy (non-hydrogen) atoms. The quantitative estimate of drug-likeness (QED) is 0.419. The highest BCUT2D eigenvalue weighted by atomic mass is 32.1. The van der Waals surface area contributed by atoms with Crippen LogP contribution in [0.1, 0.15) is 31.7 Å². The molecule has 1 aromatic rings. The molecule has 2 rings (SSSR count). The predicted octanol–water partition coefficient (Wildman–Crippen LogP) is 0.707. The fourth-order valence-electron chi connectivity index (χ4n) is 3.01. The Labute approximate surface area is 186 Å². The molecule has 0 radical (unpaired) electrons. The maximum absolute atomic E-state index is 12.3. The van der Waals surface area contributed by atoms with Gasteiger partial charge in [0.1, 0.15) is 6.04 Å². The van der Waals surface area contributed by atoms with Gasteiger partial charge in [-0.1, -0.05) is 30.3 Å². The topological polar surface area (TPSA) is 114 Å². The molecule has 2 amide bonds. The van der Waals surface area contributed by atoms with Crippen LogP contribution in [-0.2, 0) is 35.1 Å². The molecule has 1 aromatic carbocycles. The maximum atomic E-state index is 12.3. The van der Waals surface area contributed by atoms with E-state index in [2.05, 4.69) is 10.6 Å². The van der Waals surface area contributed by atoms with E-state index in [1.54, 1.807) is 6.92 Å². The zero-order valence-electron chi connectivity index (χ0n) is 17.4. The van der Waals surface area contributed by atoms with Gasteiger partial charge in [-0.2, -0.15) is 0 Å². The van der Waals surface area contributed by atoms with E-state index >= 15 is 0 Å². The molecule has 10 heteroatoms. The summed E-state index contributed by atoms with van der Waals surface area (Å²) in [6.45, 7) is 2.79. The Morgan fingerprint density at radius 3 is 2.61 bits per heavy atom. The number of hydrogen-bond acceptors (Lipinski definition) is 7. The normalized spacial score (nSPS) is 15.6. The van der Waals surface area contributed by atoms with Gasteiger partial charge in [-0.25, -0.2) is 0 Å². The van der Waals surface area contributed by atoms with E-state index in [9.17, 15) is 19.2 Å². The van der Waals surface area contributed by atoms with Crippen LogP contribution in [-0.4, -0.2) is 66.1 Å². The fraction of sp³-hybridized carbons (Fsp3) is 0.476. The number of benzene rings is 1. The average molecular weight is 450 g/mol. The molecule has 9 nitrogen and oxygen atoms in total. The van der Waals surface area contributed by atoms with Gasteiger partial charge in [0.15, 0.2) is 5.11 Å². The number of hydrogen-bond donors (Lipinski definition) is 2. The van der Waals surface area contributed by atoms with E-state index in [0.29, 0.717) is 19.5 Å². The summed E-state index contributed by atoms with van der Waals surface area (Å²) >= 11 is 5.26. The number of nitrogens with zero attached hydrogens (tertiary/aromatic N) is 1. The molecule has 0 aromatic heterocycles. The van der Waals surface area contributed by atoms with Crippen molar-refractivity contribution in [3.8, 4) is 0 Å². The number of rotatable bonds is 9. The van der Waals surface area contributed by atoms with E-state index in [4.69, 9.17) is 21.7 Å². The first-order valence-electron chi connectivity index (χ1n) is 10.1. The van der Waals surface area contributed by atoms with Crippen LogP contribution in [0.4, 0.5) is 0 Å². The summed E-state index contributed by atoms with van der Waals surface area (Å²) in [5.74, 6) is -1.83. The molecule has 0 saturated carbocycles. The van der Waals surface area contributed by atoms with Crippen molar-refractivity contribution in [2.45, 2.75) is 38.6 Å². The highest BCUT2D eigenvalue weighted by molar-refractivity contribution is 7.80. The minimum atomic E-state index is -0.879. The minimum absolute atomic E-state index is 0.0331. The van der Waals surface area contributed by atoms with E-state index in [1.165, 1.54) is 4.90 Å². The molecule has 0 spiro atoms. The molecular formula is C21H27N3O6S. The first kappa shape index (κ1) is 24.3. The SMILES string of the molecule is CCOC(=O)CCC(=O)NC(=S)N1CCNC(=O)[C@H]1CC(=O)OCCc1ccccc1. The summed E-state index contributed by atoms with van der Waals surface area (Å²) in [7, 11) is 0. The zero-order valence-corrected chi connectivity index (χ0v) is 18.2. The van der Waals surface area contributed by atoms with Gasteiger partial charge < -0.3 is 25.0 Å². The second kappa shape index (κ2) is 12.6. The lowest BCUT2D eigenvalue weighted by atomic mass is 10.1. The van der Waals surface area contributed by atoms with Crippen LogP contribution in [0.25, 0.3) is 0 Å². The van der Waals surface area contributed by atoms with Crippen molar-refractivity contribution < 1.29 is 28.7 Å². The summed E-state index contributed by atoms with van der Waals surface area (Å²) in [6, 6.07) is 8.72. The third-order valence-electron chi connectivity index (χ3n) is 4.56. The molecule has 0 bridgehead atoms. The van der Waals surface area contributed by atoms with Gasteiger partial charge in [-0.3, -0.25) is 19.2 Å². The Morgan fingerprint density at radius 2 is 1.90 bits per heavy atom. The van der Waals surface area contributed by atoms with Crippen LogP contribution >= 0.6 is 12.2 Å². The number of carbonyl (C=O) groups is 4. The smallest absolute Gasteiger partial charge is 0.308 e. The molecule has 2 N–H and O–H groups in total. The molecule has 1 fully saturated rings. The molecular weight excluding hydrogens is 422 g/mol. The second-order valence-electron chi connectivity index (χ2n) is 6.82. The van der Waals surface area contributed by atoms with Crippen LogP contribution in [0.3, 0.4) is 0 Å². The molecule has 1 saturated heterocycles. The maximum Gasteiger partial charge on any atom is 0.308 e. The molecule has 0 unspecified atom stereocenters. The van der Waals surface area contributed by atoms with Crippen molar-refractivity contribution in [3.05, 3.63) is 35.9 Å². The van der Waals surface area contributed by atoms with Gasteiger partial charge >= 0.3 is 11.9 Å². The van der Waals surface area contributed by atoms with Crippen LogP contribution in [0.5, 0.6) is 0 Å². The number of thiocarbonyl (C=S) groups is 1. The Balaban J connectivity index is 1.84. The van der Waals surface area contributed by atoms with Gasteiger partial charge in [0, 0.05) is 25.9 Å². The number of ether oxygens (including phenoxy) is 2. The first-order chi connectivity index (χ1) is 14.9. The van der Waals surface area contributed by atoms with Crippen molar-refractivity contribution in [3.63, 3.8) is 0 Å². The summed E-state index contributed by atoms with van der Waals surface area (Å²) in [5, 5.41) is 5.24. The third kappa shape index (κ3) is 8.33. The number of nitrogens with one attached hydrogen (secondary N) is 2. The molecule has 1 aliphatic rings. The van der Waals surface area contributed by atoms with Crippen LogP contribution in [0.15, 0.2) is 30.3 Å². The fourth-order valence-corrected chi connectivity index (χ4v) is 3.34. The van der Waals surface area contributed by atoms with Crippen molar-refractivity contribution >= 4 is 41.1 Å². The van der Waals surface area contributed by atoms with Crippen molar-refractivity contribution in [1.29, 1.82) is 0 Å². The van der Waals surface area contributed by atoms with E-state index < -0.39 is 23.9 Å². The summed E-state index contributed by atoms with van der Waals surface area (Å²) < 4.78 is 10.0. The molecule has 1 aliphatic heterocycles. The van der Waals surface area contributed by atoms with Gasteiger partial charge in [-0.05, 0) is 24.7 Å². The van der Waals surface area contributed by atoms with E-state index in [0.717, 1.165) is 5.56 Å². The Bertz CT molecular complexity index is 802. The molecule has 1 atom stereocenters. The van der Waals surface area contributed by atoms with Gasteiger partial charge in [-0.15, -0.1) is 0 Å². The lowest BCUT2D eigenvalue weighted by Gasteiger charge is -2.36. The molecule has 168 valence electrons. The number of piperazine rings is 1. The first-order valence-corrected chi connectivity index (χ1v) is 10.5. The highest BCUT2D eigenvalue weighted by Crippen LogP contribution is 2.11. The number of esters is 2. The second-order valence-corrected chi connectivity index (χ2v) is 7.21. The Kier molecular flexibility index (Phi) is 9.89. The number of amides is 2. The standard InChI is InChI=1S/C21H27N3O6S/c1-2-29-18(26)9-8-17(25)23-21(31)24-12-11-22-20(28)16(24)14-19(27)30-13-10-15-6-4-3-5-7-15/h3-7,16H,2,8-14H2,1H3,(H,22,28)(H,23,25,31)/t16-/m1/s1. The summed E-state index contributed by atoms with van der Waals surface area (Å²) in [5.41, 5.74) is 1.04. The van der Waals surface area contributed by atoms with Crippen LogP contribution in [0.2, 0.25) is 0 Å². The van der Waals surface area contributed by atoms with Crippen LogP contribution < -0.4 is 10.6 Å². The van der Waals surface area contributed by atoms with Crippen LogP contribution in [0, 0.1) is 0 Å². The predicted molar refractivity (Wildman–Crippen MR) is 116 cm³/mol. The molecule has 1 heterocycles. The largest absolute Gasteiger partial charge is 0.466 e. The van der Waals surface area contributed by atoms with E-state index in [-0.39, 0.29) is 43.5 Å². The zero-order chi connectivity index (χ0) is 22.6. The highest BCUT2D eigenvalue weighted by Gasteiger charge is 2.34. The third-order valence-corrected chi connectivity index (χ3v) is 4.89.